The first kappa shape index (κ1) is 36.4. The first-order valence-electron chi connectivity index (χ1n) is 17.3. The van der Waals surface area contributed by atoms with E-state index < -0.39 is 41.4 Å². The van der Waals surface area contributed by atoms with Crippen LogP contribution in [0.5, 0.6) is 11.5 Å². The average Bonchev–Trinajstić information content (AvgIpc) is 3.78. The third-order valence-electron chi connectivity index (χ3n) is 9.16. The first-order chi connectivity index (χ1) is 24.7. The highest BCUT2D eigenvalue weighted by molar-refractivity contribution is 5.97. The Morgan fingerprint density at radius 2 is 1.27 bits per heavy atom. The number of rotatable bonds is 7. The minimum atomic E-state index is -1.05. The SMILES string of the molecule is CC(C)(C)OC(=O)N1CCC(Oc2ccc(C(=O)N3CCN(C(=O)c4cc(F)cc(OC5CCN(C(=O)O)C5)c4)CC3)cc2-c2ccc(F)cc2)C1. The molecule has 0 aliphatic carbocycles. The van der Waals surface area contributed by atoms with Gasteiger partial charge in [-0.3, -0.25) is 9.59 Å². The van der Waals surface area contributed by atoms with Crippen LogP contribution in [0.25, 0.3) is 11.1 Å². The molecule has 3 aromatic carbocycles. The van der Waals surface area contributed by atoms with Crippen LogP contribution in [0, 0.1) is 11.6 Å². The van der Waals surface area contributed by atoms with Crippen LogP contribution in [0.15, 0.2) is 60.7 Å². The molecule has 276 valence electrons. The van der Waals surface area contributed by atoms with Crippen LogP contribution in [0.1, 0.15) is 54.3 Å². The van der Waals surface area contributed by atoms with Gasteiger partial charge in [-0.2, -0.15) is 0 Å². The molecule has 3 fully saturated rings. The van der Waals surface area contributed by atoms with Crippen LogP contribution in [-0.2, 0) is 4.74 Å². The number of likely N-dealkylation sites (tertiary alicyclic amines) is 2. The smallest absolute Gasteiger partial charge is 0.410 e. The van der Waals surface area contributed by atoms with Crippen LogP contribution in [-0.4, -0.2) is 119 Å². The van der Waals surface area contributed by atoms with Gasteiger partial charge in [-0.15, -0.1) is 0 Å². The summed E-state index contributed by atoms with van der Waals surface area (Å²) in [6.45, 7) is 7.61. The third kappa shape index (κ3) is 8.72. The minimum Gasteiger partial charge on any atom is -0.488 e. The monoisotopic (exact) mass is 720 g/mol. The van der Waals surface area contributed by atoms with E-state index in [2.05, 4.69) is 0 Å². The van der Waals surface area contributed by atoms with E-state index in [4.69, 9.17) is 14.2 Å². The van der Waals surface area contributed by atoms with Gasteiger partial charge in [0, 0.05) is 74.9 Å². The summed E-state index contributed by atoms with van der Waals surface area (Å²) >= 11 is 0. The zero-order valence-corrected chi connectivity index (χ0v) is 29.3. The number of benzene rings is 3. The molecule has 0 saturated carbocycles. The Bertz CT molecular complexity index is 1820. The number of nitrogens with zero attached hydrogens (tertiary/aromatic N) is 4. The van der Waals surface area contributed by atoms with Crippen molar-refractivity contribution in [3.63, 3.8) is 0 Å². The van der Waals surface area contributed by atoms with Gasteiger partial charge in [0.15, 0.2) is 0 Å². The lowest BCUT2D eigenvalue weighted by Gasteiger charge is -2.35. The first-order valence-corrected chi connectivity index (χ1v) is 17.3. The third-order valence-corrected chi connectivity index (χ3v) is 9.16. The van der Waals surface area contributed by atoms with Crippen molar-refractivity contribution in [3.05, 3.63) is 83.4 Å². The molecule has 3 saturated heterocycles. The Morgan fingerprint density at radius 1 is 0.673 bits per heavy atom. The topological polar surface area (TPSA) is 129 Å². The molecule has 3 aliphatic rings. The Labute approximate surface area is 300 Å². The highest BCUT2D eigenvalue weighted by Gasteiger charge is 2.33. The lowest BCUT2D eigenvalue weighted by Crippen LogP contribution is -2.50. The van der Waals surface area contributed by atoms with E-state index in [-0.39, 0.29) is 56.0 Å². The number of piperazine rings is 1. The number of halogens is 2. The predicted octanol–water partition coefficient (Wildman–Crippen LogP) is 5.75. The Morgan fingerprint density at radius 3 is 1.88 bits per heavy atom. The molecule has 6 rings (SSSR count). The molecule has 0 radical (unpaired) electrons. The van der Waals surface area contributed by atoms with E-state index in [0.717, 1.165) is 6.07 Å². The van der Waals surface area contributed by atoms with Crippen molar-refractivity contribution in [2.75, 3.05) is 52.4 Å². The second-order valence-electron chi connectivity index (χ2n) is 14.2. The van der Waals surface area contributed by atoms with E-state index >= 15 is 0 Å². The van der Waals surface area contributed by atoms with E-state index in [1.54, 1.807) is 45.0 Å². The van der Waals surface area contributed by atoms with Crippen LogP contribution in [0.4, 0.5) is 18.4 Å². The number of carbonyl (C=O) groups excluding carboxylic acids is 3. The molecule has 3 aromatic rings. The zero-order chi connectivity index (χ0) is 37.2. The molecule has 3 aliphatic heterocycles. The van der Waals surface area contributed by atoms with E-state index in [0.29, 0.717) is 54.9 Å². The standard InChI is InChI=1S/C38H42F2N4O8/c1-38(2,3)52-37(49)44-13-11-30(23-44)51-33-9-6-25(20-32(33)24-4-7-27(39)8-5-24)34(45)41-14-16-42(17-15-41)35(46)26-18-28(40)21-31(19-26)50-29-10-12-43(22-29)36(47)48/h4-9,18-21,29-30H,10-17,22-23H2,1-3H3,(H,47,48). The molecular weight excluding hydrogens is 678 g/mol. The van der Waals surface area contributed by atoms with Gasteiger partial charge in [0.05, 0.1) is 13.1 Å². The predicted molar refractivity (Wildman–Crippen MR) is 186 cm³/mol. The summed E-state index contributed by atoms with van der Waals surface area (Å²) in [5.41, 5.74) is 1.09. The highest BCUT2D eigenvalue weighted by atomic mass is 19.1. The van der Waals surface area contributed by atoms with Gasteiger partial charge >= 0.3 is 12.2 Å². The Balaban J connectivity index is 1.11. The van der Waals surface area contributed by atoms with Gasteiger partial charge in [0.2, 0.25) is 0 Å². The average molecular weight is 721 g/mol. The van der Waals surface area contributed by atoms with Gasteiger partial charge in [-0.1, -0.05) is 12.1 Å². The maximum absolute atomic E-state index is 14.6. The summed E-state index contributed by atoms with van der Waals surface area (Å²) in [5, 5.41) is 9.20. The second-order valence-corrected chi connectivity index (χ2v) is 14.2. The molecule has 52 heavy (non-hydrogen) atoms. The fraction of sp³-hybridized carbons (Fsp3) is 0.421. The molecule has 0 spiro atoms. The second kappa shape index (κ2) is 15.1. The summed E-state index contributed by atoms with van der Waals surface area (Å²) in [5.74, 6) is -1.09. The van der Waals surface area contributed by atoms with Gasteiger partial charge in [0.1, 0.15) is 40.9 Å². The maximum atomic E-state index is 14.6. The Kier molecular flexibility index (Phi) is 10.5. The molecule has 0 bridgehead atoms. The Hall–Kier alpha value is -5.40. The summed E-state index contributed by atoms with van der Waals surface area (Å²) in [4.78, 5) is 57.0. The summed E-state index contributed by atoms with van der Waals surface area (Å²) in [7, 11) is 0. The number of ether oxygens (including phenoxy) is 3. The fourth-order valence-corrected chi connectivity index (χ4v) is 6.54. The summed E-state index contributed by atoms with van der Waals surface area (Å²) in [6.07, 6.45) is -1.18. The molecule has 1 N–H and O–H groups in total. The van der Waals surface area contributed by atoms with Gasteiger partial charge in [-0.25, -0.2) is 18.4 Å². The zero-order valence-electron chi connectivity index (χ0n) is 29.3. The molecule has 2 atom stereocenters. The van der Waals surface area contributed by atoms with E-state index in [1.165, 1.54) is 29.2 Å². The van der Waals surface area contributed by atoms with Gasteiger partial charge < -0.3 is 38.9 Å². The van der Waals surface area contributed by atoms with Crippen LogP contribution in [0.3, 0.4) is 0 Å². The van der Waals surface area contributed by atoms with Crippen LogP contribution >= 0.6 is 0 Å². The van der Waals surface area contributed by atoms with E-state index in [1.807, 2.05) is 20.8 Å². The number of hydrogen-bond acceptors (Lipinski definition) is 7. The molecule has 0 aromatic heterocycles. The van der Waals surface area contributed by atoms with Crippen molar-refractivity contribution in [1.82, 2.24) is 19.6 Å². The van der Waals surface area contributed by atoms with Crippen molar-refractivity contribution >= 4 is 24.0 Å². The number of amides is 4. The highest BCUT2D eigenvalue weighted by Crippen LogP contribution is 2.34. The molecular formula is C38H42F2N4O8. The van der Waals surface area contributed by atoms with Crippen molar-refractivity contribution < 1.29 is 47.3 Å². The van der Waals surface area contributed by atoms with Gasteiger partial charge in [-0.05, 0) is 68.8 Å². The molecule has 12 nitrogen and oxygen atoms in total. The molecule has 3 heterocycles. The number of carboxylic acid groups (broad SMARTS) is 1. The normalized spacial score (nSPS) is 19.1. The number of hydrogen-bond donors (Lipinski definition) is 1. The van der Waals surface area contributed by atoms with Gasteiger partial charge in [0.25, 0.3) is 11.8 Å². The largest absolute Gasteiger partial charge is 0.488 e. The summed E-state index contributed by atoms with van der Waals surface area (Å²) in [6, 6.07) is 14.7. The van der Waals surface area contributed by atoms with Crippen molar-refractivity contribution in [2.45, 2.75) is 51.4 Å². The molecule has 14 heteroatoms. The van der Waals surface area contributed by atoms with Crippen molar-refractivity contribution in [2.24, 2.45) is 0 Å². The van der Waals surface area contributed by atoms with Crippen molar-refractivity contribution in [1.29, 1.82) is 0 Å². The fourth-order valence-electron chi connectivity index (χ4n) is 6.54. The van der Waals surface area contributed by atoms with E-state index in [9.17, 15) is 33.1 Å². The lowest BCUT2D eigenvalue weighted by atomic mass is 10.0. The van der Waals surface area contributed by atoms with Crippen molar-refractivity contribution in [3.8, 4) is 22.6 Å². The quantitative estimate of drug-likeness (QED) is 0.327. The number of carbonyl (C=O) groups is 4. The maximum Gasteiger partial charge on any atom is 0.410 e. The van der Waals surface area contributed by atoms with Crippen LogP contribution < -0.4 is 9.47 Å². The molecule has 2 unspecified atom stereocenters. The minimum absolute atomic E-state index is 0.0962. The lowest BCUT2D eigenvalue weighted by molar-refractivity contribution is 0.0275. The summed E-state index contributed by atoms with van der Waals surface area (Å²) < 4.78 is 46.1. The van der Waals surface area contributed by atoms with Crippen LogP contribution in [0.2, 0.25) is 0 Å². The molecule has 4 amide bonds.